The number of rotatable bonds is 9. The van der Waals surface area contributed by atoms with E-state index in [2.05, 4.69) is 71.2 Å². The van der Waals surface area contributed by atoms with Gasteiger partial charge in [-0.15, -0.1) is 0 Å². The highest BCUT2D eigenvalue weighted by Gasteiger charge is 2.21. The number of urea groups is 1. The Hall–Kier alpha value is -4.50. The number of fused-ring (bicyclic) bond motifs is 1. The van der Waals surface area contributed by atoms with Crippen LogP contribution in [0.15, 0.2) is 84.7 Å². The molecule has 5 rings (SSSR count). The average Bonchev–Trinajstić information content (AvgIpc) is 2.99. The quantitative estimate of drug-likeness (QED) is 0.178. The van der Waals surface area contributed by atoms with Gasteiger partial charge in [0.25, 0.3) is 0 Å². The summed E-state index contributed by atoms with van der Waals surface area (Å²) in [6.45, 7) is 6.46. The minimum absolute atomic E-state index is 0.0942. The van der Waals surface area contributed by atoms with Crippen LogP contribution in [0.3, 0.4) is 0 Å². The molecule has 0 unspecified atom stereocenters. The standard InChI is InChI=1S/C34H37N5O3S/c1-34(2,3)23-19-22(21-43-5)31(41-4)28(20-23)38-33(40)37-27-15-16-29(26-14-10-9-13-25(26)27)42-30-17-18-35-32(39-30)36-24-11-7-6-8-12-24/h7,9-20H,6,8,21H2,1-5H3,(H,35,36,39)(H2,37,38,40). The van der Waals surface area contributed by atoms with E-state index >= 15 is 0 Å². The van der Waals surface area contributed by atoms with Crippen LogP contribution in [0.1, 0.15) is 44.7 Å². The average molecular weight is 596 g/mol. The molecule has 0 bridgehead atoms. The number of aromatic nitrogens is 2. The summed E-state index contributed by atoms with van der Waals surface area (Å²) < 4.78 is 12.0. The zero-order valence-electron chi connectivity index (χ0n) is 25.2. The maximum Gasteiger partial charge on any atom is 0.323 e. The maximum absolute atomic E-state index is 13.4. The van der Waals surface area contributed by atoms with Crippen molar-refractivity contribution in [2.75, 3.05) is 29.3 Å². The number of thioether (sulfide) groups is 1. The summed E-state index contributed by atoms with van der Waals surface area (Å²) in [6, 6.07) is 16.9. The molecule has 1 aromatic heterocycles. The normalized spacial score (nSPS) is 12.9. The second kappa shape index (κ2) is 13.2. The summed E-state index contributed by atoms with van der Waals surface area (Å²) in [5, 5.41) is 11.0. The van der Waals surface area contributed by atoms with Crippen molar-refractivity contribution in [3.8, 4) is 17.4 Å². The molecule has 222 valence electrons. The van der Waals surface area contributed by atoms with Gasteiger partial charge in [0, 0.05) is 40.0 Å². The fourth-order valence-corrected chi connectivity index (χ4v) is 5.40. The lowest BCUT2D eigenvalue weighted by molar-refractivity contribution is 0.262. The Morgan fingerprint density at radius 1 is 1.00 bits per heavy atom. The molecule has 0 saturated heterocycles. The SMILES string of the molecule is COc1c(CSC)cc(C(C)(C)C)cc1NC(=O)Nc1ccc(Oc2ccnc(NC3=CCCC=C3)n2)c2ccccc12. The van der Waals surface area contributed by atoms with E-state index in [1.54, 1.807) is 31.1 Å². The molecule has 0 atom stereocenters. The van der Waals surface area contributed by atoms with Gasteiger partial charge < -0.3 is 25.4 Å². The minimum atomic E-state index is -0.365. The largest absolute Gasteiger partial charge is 0.494 e. The minimum Gasteiger partial charge on any atom is -0.494 e. The predicted octanol–water partition coefficient (Wildman–Crippen LogP) is 8.88. The summed E-state index contributed by atoms with van der Waals surface area (Å²) in [5.41, 5.74) is 4.31. The van der Waals surface area contributed by atoms with Crippen LogP contribution >= 0.6 is 11.8 Å². The monoisotopic (exact) mass is 595 g/mol. The molecular weight excluding hydrogens is 558 g/mol. The highest BCUT2D eigenvalue weighted by Crippen LogP contribution is 2.38. The van der Waals surface area contributed by atoms with Crippen LogP contribution in [0.4, 0.5) is 22.1 Å². The number of hydrogen-bond acceptors (Lipinski definition) is 7. The van der Waals surface area contributed by atoms with Crippen molar-refractivity contribution >= 4 is 45.9 Å². The molecule has 1 aliphatic rings. The zero-order chi connectivity index (χ0) is 30.4. The number of benzene rings is 3. The van der Waals surface area contributed by atoms with Gasteiger partial charge in [-0.3, -0.25) is 0 Å². The summed E-state index contributed by atoms with van der Waals surface area (Å²) >= 11 is 1.71. The first kappa shape index (κ1) is 30.0. The molecule has 0 saturated carbocycles. The molecule has 4 aromatic rings. The lowest BCUT2D eigenvalue weighted by atomic mass is 9.85. The molecule has 43 heavy (non-hydrogen) atoms. The Kier molecular flexibility index (Phi) is 9.21. The van der Waals surface area contributed by atoms with Crippen molar-refractivity contribution in [2.24, 2.45) is 0 Å². The second-order valence-corrected chi connectivity index (χ2v) is 12.1. The Bertz CT molecular complexity index is 1690. The molecule has 1 aliphatic carbocycles. The predicted molar refractivity (Wildman–Crippen MR) is 178 cm³/mol. The lowest BCUT2D eigenvalue weighted by Gasteiger charge is -2.24. The summed E-state index contributed by atoms with van der Waals surface area (Å²) in [4.78, 5) is 22.2. The summed E-state index contributed by atoms with van der Waals surface area (Å²) in [5.74, 6) is 2.92. The van der Waals surface area contributed by atoms with Crippen LogP contribution in [0.5, 0.6) is 17.4 Å². The number of nitrogens with one attached hydrogen (secondary N) is 3. The molecule has 1 heterocycles. The molecule has 9 heteroatoms. The Morgan fingerprint density at radius 2 is 1.79 bits per heavy atom. The van der Waals surface area contributed by atoms with Gasteiger partial charge in [0.1, 0.15) is 11.5 Å². The van der Waals surface area contributed by atoms with Gasteiger partial charge in [0.2, 0.25) is 11.8 Å². The molecule has 0 radical (unpaired) electrons. The highest BCUT2D eigenvalue weighted by molar-refractivity contribution is 7.97. The van der Waals surface area contributed by atoms with E-state index in [1.807, 2.05) is 48.5 Å². The third-order valence-electron chi connectivity index (χ3n) is 7.01. The van der Waals surface area contributed by atoms with E-state index in [9.17, 15) is 4.79 Å². The van der Waals surface area contributed by atoms with Crippen molar-refractivity contribution in [1.29, 1.82) is 0 Å². The van der Waals surface area contributed by atoms with Crippen LogP contribution < -0.4 is 25.4 Å². The molecular formula is C34H37N5O3S. The number of nitrogens with zero attached hydrogens (tertiary/aromatic N) is 2. The van der Waals surface area contributed by atoms with Crippen molar-refractivity contribution in [3.63, 3.8) is 0 Å². The summed E-state index contributed by atoms with van der Waals surface area (Å²) in [6.07, 6.45) is 12.0. The van der Waals surface area contributed by atoms with E-state index in [0.717, 1.165) is 46.2 Å². The van der Waals surface area contributed by atoms with E-state index in [4.69, 9.17) is 9.47 Å². The third kappa shape index (κ3) is 7.29. The first-order valence-electron chi connectivity index (χ1n) is 14.2. The fourth-order valence-electron chi connectivity index (χ4n) is 4.87. The number of allylic oxidation sites excluding steroid dienone is 3. The lowest BCUT2D eigenvalue weighted by Crippen LogP contribution is -2.21. The van der Waals surface area contributed by atoms with Crippen LogP contribution in [0.25, 0.3) is 10.8 Å². The van der Waals surface area contributed by atoms with Crippen molar-refractivity contribution in [2.45, 2.75) is 44.8 Å². The van der Waals surface area contributed by atoms with E-state index < -0.39 is 0 Å². The van der Waals surface area contributed by atoms with E-state index in [0.29, 0.717) is 34.7 Å². The highest BCUT2D eigenvalue weighted by atomic mass is 32.2. The number of carbonyl (C=O) groups excluding carboxylic acids is 1. The van der Waals surface area contributed by atoms with Crippen LogP contribution in [0.2, 0.25) is 0 Å². The van der Waals surface area contributed by atoms with Crippen molar-refractivity contribution in [1.82, 2.24) is 9.97 Å². The van der Waals surface area contributed by atoms with Gasteiger partial charge in [-0.25, -0.2) is 9.78 Å². The molecule has 0 spiro atoms. The molecule has 3 aromatic carbocycles. The Morgan fingerprint density at radius 3 is 2.51 bits per heavy atom. The van der Waals surface area contributed by atoms with Crippen LogP contribution in [0, 0.1) is 0 Å². The summed E-state index contributed by atoms with van der Waals surface area (Å²) in [7, 11) is 1.63. The Balaban J connectivity index is 1.38. The number of anilines is 3. The van der Waals surface area contributed by atoms with E-state index in [-0.39, 0.29) is 11.4 Å². The van der Waals surface area contributed by atoms with Gasteiger partial charge in [0.15, 0.2) is 0 Å². The molecule has 3 N–H and O–H groups in total. The van der Waals surface area contributed by atoms with Gasteiger partial charge in [-0.2, -0.15) is 16.7 Å². The molecule has 0 aliphatic heterocycles. The number of amides is 2. The van der Waals surface area contributed by atoms with Crippen LogP contribution in [-0.4, -0.2) is 29.4 Å². The number of hydrogen-bond donors (Lipinski definition) is 3. The molecule has 8 nitrogen and oxygen atoms in total. The van der Waals surface area contributed by atoms with Gasteiger partial charge in [-0.05, 0) is 54.4 Å². The second-order valence-electron chi connectivity index (χ2n) is 11.2. The smallest absolute Gasteiger partial charge is 0.323 e. The van der Waals surface area contributed by atoms with Gasteiger partial charge in [0.05, 0.1) is 18.5 Å². The third-order valence-corrected chi connectivity index (χ3v) is 7.61. The molecule has 0 fully saturated rings. The molecule has 2 amide bonds. The fraction of sp³-hybridized carbons (Fsp3) is 0.265. The van der Waals surface area contributed by atoms with Crippen molar-refractivity contribution in [3.05, 3.63) is 95.8 Å². The number of methoxy groups -OCH3 is 1. The number of carbonyl (C=O) groups is 1. The van der Waals surface area contributed by atoms with E-state index in [1.165, 1.54) is 0 Å². The maximum atomic E-state index is 13.4. The number of ether oxygens (including phenoxy) is 2. The first-order chi connectivity index (χ1) is 20.7. The zero-order valence-corrected chi connectivity index (χ0v) is 26.0. The first-order valence-corrected chi connectivity index (χ1v) is 15.6. The van der Waals surface area contributed by atoms with Crippen molar-refractivity contribution < 1.29 is 14.3 Å². The topological polar surface area (TPSA) is 97.4 Å². The van der Waals surface area contributed by atoms with Crippen LogP contribution in [-0.2, 0) is 11.2 Å². The van der Waals surface area contributed by atoms with Gasteiger partial charge >= 0.3 is 6.03 Å². The Labute approximate surface area is 257 Å². The van der Waals surface area contributed by atoms with Gasteiger partial charge in [-0.1, -0.05) is 63.3 Å².